The van der Waals surface area contributed by atoms with Crippen molar-refractivity contribution in [1.82, 2.24) is 15.1 Å². The van der Waals surface area contributed by atoms with E-state index in [9.17, 15) is 9.59 Å². The minimum Gasteiger partial charge on any atom is -0.341 e. The molecule has 0 saturated heterocycles. The molecule has 5 heteroatoms. The Bertz CT molecular complexity index is 192. The molecule has 0 fully saturated rings. The predicted molar refractivity (Wildman–Crippen MR) is 50.5 cm³/mol. The van der Waals surface area contributed by atoms with Crippen molar-refractivity contribution < 1.29 is 9.59 Å². The molecule has 76 valence electrons. The van der Waals surface area contributed by atoms with Gasteiger partial charge in [0.15, 0.2) is 0 Å². The third-order valence-corrected chi connectivity index (χ3v) is 1.52. The van der Waals surface area contributed by atoms with Gasteiger partial charge in [-0.25, -0.2) is 14.5 Å². The first-order valence-corrected chi connectivity index (χ1v) is 4.25. The summed E-state index contributed by atoms with van der Waals surface area (Å²) in [5, 5.41) is 2.43. The number of carbonyl (C=O) groups excluding carboxylic acids is 2. The number of rotatable bonds is 2. The van der Waals surface area contributed by atoms with Gasteiger partial charge in [0.25, 0.3) is 0 Å². The second-order valence-electron chi connectivity index (χ2n) is 2.88. The molecule has 0 aliphatic rings. The molecule has 13 heavy (non-hydrogen) atoms. The van der Waals surface area contributed by atoms with Crippen molar-refractivity contribution in [2.24, 2.45) is 0 Å². The van der Waals surface area contributed by atoms with E-state index in [0.29, 0.717) is 6.54 Å². The number of amides is 4. The average molecular weight is 187 g/mol. The summed E-state index contributed by atoms with van der Waals surface area (Å²) in [5.41, 5.74) is 0. The van der Waals surface area contributed by atoms with Crippen LogP contribution in [0.15, 0.2) is 0 Å². The zero-order chi connectivity index (χ0) is 10.4. The molecular formula is C8H17N3O2. The van der Waals surface area contributed by atoms with Gasteiger partial charge in [-0.05, 0) is 6.42 Å². The SMILES string of the molecule is CCCN(C(=O)NC)C(=O)N(C)C. The lowest BCUT2D eigenvalue weighted by atomic mass is 10.4. The maximum atomic E-state index is 11.4. The third kappa shape index (κ3) is 3.31. The fourth-order valence-electron chi connectivity index (χ4n) is 0.884. The van der Waals surface area contributed by atoms with Crippen LogP contribution in [0.4, 0.5) is 9.59 Å². The molecule has 4 amide bonds. The van der Waals surface area contributed by atoms with Gasteiger partial charge in [0.05, 0.1) is 0 Å². The second kappa shape index (κ2) is 5.40. The minimum atomic E-state index is -0.361. The lowest BCUT2D eigenvalue weighted by Crippen LogP contribution is -2.47. The van der Waals surface area contributed by atoms with E-state index in [1.807, 2.05) is 6.92 Å². The van der Waals surface area contributed by atoms with Crippen LogP contribution in [0.2, 0.25) is 0 Å². The van der Waals surface area contributed by atoms with E-state index < -0.39 is 0 Å². The van der Waals surface area contributed by atoms with E-state index in [1.54, 1.807) is 14.1 Å². The maximum absolute atomic E-state index is 11.4. The fraction of sp³-hybridized carbons (Fsp3) is 0.750. The molecule has 0 rings (SSSR count). The molecule has 5 nitrogen and oxygen atoms in total. The number of nitrogens with zero attached hydrogens (tertiary/aromatic N) is 2. The Hall–Kier alpha value is -1.26. The van der Waals surface area contributed by atoms with Crippen molar-refractivity contribution >= 4 is 12.1 Å². The van der Waals surface area contributed by atoms with Crippen LogP contribution in [0.5, 0.6) is 0 Å². The van der Waals surface area contributed by atoms with E-state index in [0.717, 1.165) is 6.42 Å². The first-order chi connectivity index (χ1) is 6.04. The van der Waals surface area contributed by atoms with Crippen LogP contribution in [0.3, 0.4) is 0 Å². The third-order valence-electron chi connectivity index (χ3n) is 1.52. The number of imide groups is 1. The normalized spacial score (nSPS) is 9.23. The Kier molecular flexibility index (Phi) is 4.87. The summed E-state index contributed by atoms with van der Waals surface area (Å²) in [5.74, 6) is 0. The number of urea groups is 2. The van der Waals surface area contributed by atoms with Gasteiger partial charge in [-0.1, -0.05) is 6.92 Å². The zero-order valence-electron chi connectivity index (χ0n) is 8.63. The molecular weight excluding hydrogens is 170 g/mol. The summed E-state index contributed by atoms with van der Waals surface area (Å²) >= 11 is 0. The van der Waals surface area contributed by atoms with E-state index in [-0.39, 0.29) is 12.1 Å². The monoisotopic (exact) mass is 187 g/mol. The molecule has 0 heterocycles. The highest BCUT2D eigenvalue weighted by Gasteiger charge is 2.20. The maximum Gasteiger partial charge on any atom is 0.327 e. The first-order valence-electron chi connectivity index (χ1n) is 4.25. The van der Waals surface area contributed by atoms with Crippen LogP contribution < -0.4 is 5.32 Å². The van der Waals surface area contributed by atoms with Crippen LogP contribution in [0.1, 0.15) is 13.3 Å². The molecule has 0 spiro atoms. The van der Waals surface area contributed by atoms with Gasteiger partial charge in [-0.3, -0.25) is 0 Å². The van der Waals surface area contributed by atoms with Gasteiger partial charge in [-0.15, -0.1) is 0 Å². The largest absolute Gasteiger partial charge is 0.341 e. The van der Waals surface area contributed by atoms with Crippen LogP contribution in [0.25, 0.3) is 0 Å². The molecule has 0 radical (unpaired) electrons. The second-order valence-corrected chi connectivity index (χ2v) is 2.88. The summed E-state index contributed by atoms with van der Waals surface area (Å²) in [6.45, 7) is 2.36. The molecule has 0 aromatic heterocycles. The van der Waals surface area contributed by atoms with Crippen LogP contribution in [-0.4, -0.2) is 49.5 Å². The highest BCUT2D eigenvalue weighted by Crippen LogP contribution is 1.97. The predicted octanol–water partition coefficient (Wildman–Crippen LogP) is 0.719. The summed E-state index contributed by atoms with van der Waals surface area (Å²) in [6.07, 6.45) is 0.757. The van der Waals surface area contributed by atoms with Crippen molar-refractivity contribution in [3.63, 3.8) is 0 Å². The lowest BCUT2D eigenvalue weighted by Gasteiger charge is -2.23. The Morgan fingerprint density at radius 3 is 2.15 bits per heavy atom. The molecule has 0 atom stereocenters. The zero-order valence-corrected chi connectivity index (χ0v) is 8.63. The van der Waals surface area contributed by atoms with Gasteiger partial charge in [0, 0.05) is 27.7 Å². The standard InChI is InChI=1S/C8H17N3O2/c1-5-6-11(7(12)9-2)8(13)10(3)4/h5-6H2,1-4H3,(H,9,12). The van der Waals surface area contributed by atoms with Crippen molar-refractivity contribution in [2.45, 2.75) is 13.3 Å². The van der Waals surface area contributed by atoms with Gasteiger partial charge in [0.2, 0.25) is 0 Å². The quantitative estimate of drug-likeness (QED) is 0.692. The number of hydrogen-bond acceptors (Lipinski definition) is 2. The first kappa shape index (κ1) is 11.7. The van der Waals surface area contributed by atoms with E-state index >= 15 is 0 Å². The minimum absolute atomic E-state index is 0.291. The average Bonchev–Trinajstić information content (AvgIpc) is 2.11. The number of nitrogens with one attached hydrogen (secondary N) is 1. The summed E-state index contributed by atoms with van der Waals surface area (Å²) in [7, 11) is 4.75. The van der Waals surface area contributed by atoms with Crippen molar-refractivity contribution in [3.8, 4) is 0 Å². The van der Waals surface area contributed by atoms with Gasteiger partial charge in [-0.2, -0.15) is 0 Å². The number of hydrogen-bond donors (Lipinski definition) is 1. The smallest absolute Gasteiger partial charge is 0.327 e. The molecule has 0 bridgehead atoms. The molecule has 0 aliphatic carbocycles. The molecule has 0 saturated carbocycles. The Balaban J connectivity index is 4.41. The van der Waals surface area contributed by atoms with Gasteiger partial charge in [0.1, 0.15) is 0 Å². The molecule has 0 aromatic rings. The van der Waals surface area contributed by atoms with Gasteiger partial charge < -0.3 is 10.2 Å². The Labute approximate surface area is 78.7 Å². The van der Waals surface area contributed by atoms with Gasteiger partial charge >= 0.3 is 12.1 Å². The van der Waals surface area contributed by atoms with Crippen LogP contribution >= 0.6 is 0 Å². The van der Waals surface area contributed by atoms with Crippen molar-refractivity contribution in [1.29, 1.82) is 0 Å². The molecule has 0 aromatic carbocycles. The summed E-state index contributed by atoms with van der Waals surface area (Å²) < 4.78 is 0. The fourth-order valence-corrected chi connectivity index (χ4v) is 0.884. The molecule has 0 unspecified atom stereocenters. The summed E-state index contributed by atoms with van der Waals surface area (Å²) in [4.78, 5) is 25.2. The molecule has 0 aliphatic heterocycles. The highest BCUT2D eigenvalue weighted by molar-refractivity contribution is 5.93. The van der Waals surface area contributed by atoms with E-state index in [1.165, 1.54) is 16.8 Å². The number of carbonyl (C=O) groups is 2. The van der Waals surface area contributed by atoms with E-state index in [4.69, 9.17) is 0 Å². The Morgan fingerprint density at radius 2 is 1.85 bits per heavy atom. The Morgan fingerprint density at radius 1 is 1.31 bits per heavy atom. The van der Waals surface area contributed by atoms with E-state index in [2.05, 4.69) is 5.32 Å². The highest BCUT2D eigenvalue weighted by atomic mass is 16.2. The van der Waals surface area contributed by atoms with Crippen LogP contribution in [-0.2, 0) is 0 Å². The summed E-state index contributed by atoms with van der Waals surface area (Å²) in [6, 6.07) is -0.651. The van der Waals surface area contributed by atoms with Crippen molar-refractivity contribution in [2.75, 3.05) is 27.7 Å². The topological polar surface area (TPSA) is 52.7 Å². The van der Waals surface area contributed by atoms with Crippen LogP contribution in [0, 0.1) is 0 Å². The molecule has 1 N–H and O–H groups in total. The lowest BCUT2D eigenvalue weighted by molar-refractivity contribution is 0.168. The van der Waals surface area contributed by atoms with Crippen molar-refractivity contribution in [3.05, 3.63) is 0 Å².